The number of amides is 2. The third-order valence-corrected chi connectivity index (χ3v) is 4.21. The first-order valence-corrected chi connectivity index (χ1v) is 9.06. The predicted octanol–water partition coefficient (Wildman–Crippen LogP) is 3.88. The van der Waals surface area contributed by atoms with Gasteiger partial charge in [-0.3, -0.25) is 14.6 Å². The molecule has 2 amide bonds. The number of carbonyl (C=O) groups excluding carboxylic acids is 2. The first-order chi connectivity index (χ1) is 14.0. The number of nitrogens with one attached hydrogen (secondary N) is 1. The molecule has 0 saturated carbocycles. The van der Waals surface area contributed by atoms with Gasteiger partial charge in [0.15, 0.2) is 0 Å². The van der Waals surface area contributed by atoms with E-state index in [1.54, 1.807) is 36.5 Å². The van der Waals surface area contributed by atoms with Crippen LogP contribution >= 0.6 is 0 Å². The van der Waals surface area contributed by atoms with Gasteiger partial charge in [-0.05, 0) is 48.5 Å². The van der Waals surface area contributed by atoms with Crippen molar-refractivity contribution in [2.45, 2.75) is 19.4 Å². The Kier molecular flexibility index (Phi) is 6.52. The van der Waals surface area contributed by atoms with Crippen LogP contribution in [0.5, 0.6) is 5.75 Å². The van der Waals surface area contributed by atoms with Gasteiger partial charge in [-0.1, -0.05) is 18.2 Å². The number of pyridine rings is 1. The molecule has 0 aliphatic heterocycles. The molecule has 0 saturated heterocycles. The molecule has 0 radical (unpaired) electrons. The molecule has 0 bridgehead atoms. The summed E-state index contributed by atoms with van der Waals surface area (Å²) in [7, 11) is 0. The number of phenols is 1. The molecule has 1 aromatic heterocycles. The number of nitrogens with zero attached hydrogens (tertiary/aromatic N) is 2. The molecule has 0 atom stereocenters. The summed E-state index contributed by atoms with van der Waals surface area (Å²) in [6.07, 6.45) is 1.51. The van der Waals surface area contributed by atoms with Crippen LogP contribution in [0.2, 0.25) is 0 Å². The zero-order chi connectivity index (χ0) is 20.6. The molecule has 3 aromatic rings. The monoisotopic (exact) mass is 393 g/mol. The lowest BCUT2D eigenvalue weighted by Crippen LogP contribution is -2.31. The highest BCUT2D eigenvalue weighted by Crippen LogP contribution is 2.28. The van der Waals surface area contributed by atoms with Crippen molar-refractivity contribution in [3.05, 3.63) is 84.4 Å². The number of para-hydroxylation sites is 2. The molecular weight excluding hydrogens is 373 g/mol. The van der Waals surface area contributed by atoms with E-state index in [1.807, 2.05) is 6.07 Å². The maximum atomic E-state index is 13.0. The fourth-order valence-corrected chi connectivity index (χ4v) is 2.77. The third-order valence-electron chi connectivity index (χ3n) is 4.21. The summed E-state index contributed by atoms with van der Waals surface area (Å²) in [5.41, 5.74) is 1.46. The lowest BCUT2D eigenvalue weighted by atomic mass is 10.2. The molecule has 148 valence electrons. The van der Waals surface area contributed by atoms with Gasteiger partial charge >= 0.3 is 0 Å². The van der Waals surface area contributed by atoms with Crippen LogP contribution in [0.15, 0.2) is 72.9 Å². The molecule has 2 N–H and O–H groups in total. The van der Waals surface area contributed by atoms with Crippen molar-refractivity contribution >= 4 is 23.2 Å². The fourth-order valence-electron chi connectivity index (χ4n) is 2.77. The van der Waals surface area contributed by atoms with Gasteiger partial charge in [0.2, 0.25) is 11.8 Å². The third kappa shape index (κ3) is 5.62. The number of hydrogen-bond acceptors (Lipinski definition) is 4. The van der Waals surface area contributed by atoms with Crippen LogP contribution in [0.1, 0.15) is 18.5 Å². The molecule has 7 heteroatoms. The minimum Gasteiger partial charge on any atom is -0.506 e. The van der Waals surface area contributed by atoms with E-state index in [4.69, 9.17) is 0 Å². The summed E-state index contributed by atoms with van der Waals surface area (Å²) in [5, 5.41) is 12.8. The Morgan fingerprint density at radius 2 is 1.69 bits per heavy atom. The highest BCUT2D eigenvalue weighted by molar-refractivity contribution is 5.98. The number of benzene rings is 2. The summed E-state index contributed by atoms with van der Waals surface area (Å²) in [4.78, 5) is 30.6. The molecule has 0 spiro atoms. The van der Waals surface area contributed by atoms with Gasteiger partial charge in [0.1, 0.15) is 11.6 Å². The van der Waals surface area contributed by atoms with Crippen LogP contribution in [0.3, 0.4) is 0 Å². The smallest absolute Gasteiger partial charge is 0.227 e. The standard InChI is InChI=1S/C22H20FN3O3/c23-16-8-10-17(11-9-16)25-21(28)12-13-22(29)26(15-18-5-3-4-14-24-18)19-6-1-2-7-20(19)27/h1-11,14,27H,12-13,15H2,(H,25,28). The molecule has 1 heterocycles. The average Bonchev–Trinajstić information content (AvgIpc) is 2.73. The van der Waals surface area contributed by atoms with Crippen LogP contribution in [0, 0.1) is 5.82 Å². The number of phenolic OH excluding ortho intramolecular Hbond substituents is 1. The molecule has 0 aliphatic carbocycles. The van der Waals surface area contributed by atoms with Gasteiger partial charge in [-0.2, -0.15) is 0 Å². The molecule has 2 aromatic carbocycles. The number of aromatic nitrogens is 1. The normalized spacial score (nSPS) is 10.4. The second-order valence-corrected chi connectivity index (χ2v) is 6.34. The first-order valence-electron chi connectivity index (χ1n) is 9.06. The van der Waals surface area contributed by atoms with Crippen LogP contribution < -0.4 is 10.2 Å². The van der Waals surface area contributed by atoms with E-state index in [0.29, 0.717) is 17.1 Å². The van der Waals surface area contributed by atoms with Crippen molar-refractivity contribution in [1.29, 1.82) is 0 Å². The van der Waals surface area contributed by atoms with Crippen LogP contribution in [-0.2, 0) is 16.1 Å². The van der Waals surface area contributed by atoms with Gasteiger partial charge < -0.3 is 15.3 Å². The topological polar surface area (TPSA) is 82.5 Å². The molecule has 6 nitrogen and oxygen atoms in total. The first kappa shape index (κ1) is 20.0. The Hall–Kier alpha value is -3.74. The minimum atomic E-state index is -0.397. The number of halogens is 1. The summed E-state index contributed by atoms with van der Waals surface area (Å²) in [6.45, 7) is 0.164. The maximum absolute atomic E-state index is 13.0. The van der Waals surface area contributed by atoms with Gasteiger partial charge in [-0.15, -0.1) is 0 Å². The van der Waals surface area contributed by atoms with E-state index < -0.39 is 5.82 Å². The van der Waals surface area contributed by atoms with Crippen LogP contribution in [0.25, 0.3) is 0 Å². The lowest BCUT2D eigenvalue weighted by molar-refractivity contribution is -0.122. The number of rotatable bonds is 7. The van der Waals surface area contributed by atoms with E-state index in [0.717, 1.165) is 0 Å². The summed E-state index contributed by atoms with van der Waals surface area (Å²) in [5.74, 6) is -1.12. The lowest BCUT2D eigenvalue weighted by Gasteiger charge is -2.23. The van der Waals surface area contributed by atoms with Crippen molar-refractivity contribution in [3.8, 4) is 5.75 Å². The molecule has 0 fully saturated rings. The average molecular weight is 393 g/mol. The second kappa shape index (κ2) is 9.45. The van der Waals surface area contributed by atoms with Gasteiger partial charge in [0, 0.05) is 24.7 Å². The Morgan fingerprint density at radius 3 is 2.38 bits per heavy atom. The van der Waals surface area contributed by atoms with Crippen molar-refractivity contribution in [3.63, 3.8) is 0 Å². The second-order valence-electron chi connectivity index (χ2n) is 6.34. The van der Waals surface area contributed by atoms with E-state index >= 15 is 0 Å². The van der Waals surface area contributed by atoms with Crippen molar-refractivity contribution in [2.75, 3.05) is 10.2 Å². The van der Waals surface area contributed by atoms with Gasteiger partial charge in [-0.25, -0.2) is 4.39 Å². The molecule has 29 heavy (non-hydrogen) atoms. The minimum absolute atomic E-state index is 0.0347. The van der Waals surface area contributed by atoms with Crippen molar-refractivity contribution in [2.24, 2.45) is 0 Å². The highest BCUT2D eigenvalue weighted by Gasteiger charge is 2.20. The Morgan fingerprint density at radius 1 is 0.966 bits per heavy atom. The van der Waals surface area contributed by atoms with Crippen LogP contribution in [0.4, 0.5) is 15.8 Å². The van der Waals surface area contributed by atoms with E-state index in [9.17, 15) is 19.1 Å². The van der Waals surface area contributed by atoms with E-state index in [1.165, 1.54) is 35.2 Å². The van der Waals surface area contributed by atoms with Crippen LogP contribution in [-0.4, -0.2) is 21.9 Å². The number of carbonyl (C=O) groups is 2. The predicted molar refractivity (Wildman–Crippen MR) is 108 cm³/mol. The van der Waals surface area contributed by atoms with Crippen molar-refractivity contribution < 1.29 is 19.1 Å². The van der Waals surface area contributed by atoms with Gasteiger partial charge in [0.25, 0.3) is 0 Å². The number of anilines is 2. The molecular formula is C22H20FN3O3. The Labute approximate surface area is 167 Å². The highest BCUT2D eigenvalue weighted by atomic mass is 19.1. The number of hydrogen-bond donors (Lipinski definition) is 2. The van der Waals surface area contributed by atoms with E-state index in [2.05, 4.69) is 10.3 Å². The molecule has 3 rings (SSSR count). The number of aromatic hydroxyl groups is 1. The Balaban J connectivity index is 1.68. The van der Waals surface area contributed by atoms with Gasteiger partial charge in [0.05, 0.1) is 17.9 Å². The molecule has 0 unspecified atom stereocenters. The molecule has 0 aliphatic rings. The summed E-state index contributed by atoms with van der Waals surface area (Å²) in [6, 6.07) is 17.3. The van der Waals surface area contributed by atoms with E-state index in [-0.39, 0.29) is 37.0 Å². The fraction of sp³-hybridized carbons (Fsp3) is 0.136. The maximum Gasteiger partial charge on any atom is 0.227 e. The van der Waals surface area contributed by atoms with Crippen molar-refractivity contribution in [1.82, 2.24) is 4.98 Å². The zero-order valence-corrected chi connectivity index (χ0v) is 15.6. The summed E-state index contributed by atoms with van der Waals surface area (Å²) >= 11 is 0. The quantitative estimate of drug-likeness (QED) is 0.638. The zero-order valence-electron chi connectivity index (χ0n) is 15.6. The largest absolute Gasteiger partial charge is 0.506 e. The SMILES string of the molecule is O=C(CCC(=O)N(Cc1ccccn1)c1ccccc1O)Nc1ccc(F)cc1. The Bertz CT molecular complexity index is 978. The summed E-state index contributed by atoms with van der Waals surface area (Å²) < 4.78 is 13.0.